The number of carbonyl (C=O) groups excluding carboxylic acids is 2. The molecule has 4 rings (SSSR count). The van der Waals surface area contributed by atoms with Crippen molar-refractivity contribution >= 4 is 17.6 Å². The van der Waals surface area contributed by atoms with Crippen molar-refractivity contribution in [2.75, 3.05) is 32.5 Å². The van der Waals surface area contributed by atoms with E-state index in [1.165, 1.54) is 24.5 Å². The molecule has 0 bridgehead atoms. The molecule has 0 unspecified atom stereocenters. The van der Waals surface area contributed by atoms with Gasteiger partial charge < -0.3 is 25.1 Å². The summed E-state index contributed by atoms with van der Waals surface area (Å²) >= 11 is 0. The van der Waals surface area contributed by atoms with Gasteiger partial charge in [-0.05, 0) is 62.1 Å². The van der Waals surface area contributed by atoms with Gasteiger partial charge in [-0.1, -0.05) is 12.1 Å². The molecule has 0 atom stereocenters. The third kappa shape index (κ3) is 5.86. The Morgan fingerprint density at radius 3 is 2.58 bits per heavy atom. The van der Waals surface area contributed by atoms with E-state index in [-0.39, 0.29) is 40.1 Å². The summed E-state index contributed by atoms with van der Waals surface area (Å²) in [5.41, 5.74) is 1.60. The van der Waals surface area contributed by atoms with Gasteiger partial charge in [0.05, 0.1) is 12.0 Å². The number of pyridine rings is 1. The number of nitrogens with one attached hydrogen (secondary N) is 2. The highest BCUT2D eigenvalue weighted by Crippen LogP contribution is 2.36. The predicted octanol–water partition coefficient (Wildman–Crippen LogP) is 4.27. The number of nitriles is 1. The molecule has 9 nitrogen and oxygen atoms in total. The second-order valence-electron chi connectivity index (χ2n) is 8.62. The summed E-state index contributed by atoms with van der Waals surface area (Å²) in [5, 5.41) is 25.9. The minimum Gasteiger partial charge on any atom is -0.507 e. The molecule has 0 aliphatic heterocycles. The van der Waals surface area contributed by atoms with E-state index in [2.05, 4.69) is 21.7 Å². The zero-order valence-corrected chi connectivity index (χ0v) is 20.7. The Bertz CT molecular complexity index is 1530. The van der Waals surface area contributed by atoms with E-state index in [9.17, 15) is 24.3 Å². The maximum Gasteiger partial charge on any atom is 0.292 e. The zero-order chi connectivity index (χ0) is 27.2. The maximum absolute atomic E-state index is 13.7. The molecule has 2 heterocycles. The van der Waals surface area contributed by atoms with E-state index in [0.717, 1.165) is 12.1 Å². The highest BCUT2D eigenvalue weighted by atomic mass is 19.1. The van der Waals surface area contributed by atoms with Gasteiger partial charge in [-0.25, -0.2) is 9.37 Å². The summed E-state index contributed by atoms with van der Waals surface area (Å²) in [5.74, 6) is -2.02. The molecule has 2 aromatic carbocycles. The molecule has 0 spiro atoms. The first-order chi connectivity index (χ1) is 18.3. The highest BCUT2D eigenvalue weighted by Gasteiger charge is 2.21. The maximum atomic E-state index is 13.7. The number of furan rings is 1. The number of nitrogens with zero attached hydrogens (tertiary/aromatic N) is 3. The number of anilines is 1. The molecule has 10 heteroatoms. The normalized spacial score (nSPS) is 10.7. The number of hydrogen-bond acceptors (Lipinski definition) is 7. The van der Waals surface area contributed by atoms with Crippen LogP contribution in [0.4, 0.5) is 10.2 Å². The average molecular weight is 514 g/mol. The number of rotatable bonds is 8. The van der Waals surface area contributed by atoms with Gasteiger partial charge in [0, 0.05) is 35.8 Å². The molecule has 192 valence electrons. The van der Waals surface area contributed by atoms with E-state index >= 15 is 0 Å². The third-order valence-electron chi connectivity index (χ3n) is 5.62. The van der Waals surface area contributed by atoms with Crippen LogP contribution in [0.2, 0.25) is 0 Å². The smallest absolute Gasteiger partial charge is 0.292 e. The third-order valence-corrected chi connectivity index (χ3v) is 5.62. The number of aromatic hydroxyl groups is 1. The minimum absolute atomic E-state index is 0.00339. The summed E-state index contributed by atoms with van der Waals surface area (Å²) < 4.78 is 18.8. The molecule has 3 N–H and O–H groups in total. The van der Waals surface area contributed by atoms with Crippen LogP contribution in [-0.4, -0.2) is 54.0 Å². The molecule has 38 heavy (non-hydrogen) atoms. The fourth-order valence-corrected chi connectivity index (χ4v) is 3.74. The Morgan fingerprint density at radius 1 is 1.08 bits per heavy atom. The van der Waals surface area contributed by atoms with Crippen LogP contribution in [0.1, 0.15) is 26.5 Å². The quantitative estimate of drug-likeness (QED) is 0.321. The molecule has 0 aliphatic rings. The zero-order valence-electron chi connectivity index (χ0n) is 20.7. The van der Waals surface area contributed by atoms with Crippen LogP contribution in [-0.2, 0) is 0 Å². The minimum atomic E-state index is -0.639. The Balaban J connectivity index is 1.82. The van der Waals surface area contributed by atoms with Crippen molar-refractivity contribution in [3.05, 3.63) is 89.6 Å². The number of carbonyl (C=O) groups is 2. The number of phenols is 1. The van der Waals surface area contributed by atoms with Gasteiger partial charge in [-0.15, -0.1) is 0 Å². The number of benzene rings is 2. The van der Waals surface area contributed by atoms with Crippen molar-refractivity contribution in [2.24, 2.45) is 0 Å². The first-order valence-corrected chi connectivity index (χ1v) is 11.6. The van der Waals surface area contributed by atoms with E-state index in [4.69, 9.17) is 4.42 Å². The fourth-order valence-electron chi connectivity index (χ4n) is 3.74. The molecule has 2 amide bonds. The first-order valence-electron chi connectivity index (χ1n) is 11.6. The van der Waals surface area contributed by atoms with Gasteiger partial charge in [-0.3, -0.25) is 9.59 Å². The lowest BCUT2D eigenvalue weighted by molar-refractivity contribution is 0.0949. The molecule has 0 saturated carbocycles. The van der Waals surface area contributed by atoms with Crippen molar-refractivity contribution in [3.63, 3.8) is 0 Å². The van der Waals surface area contributed by atoms with Gasteiger partial charge in [0.1, 0.15) is 23.2 Å². The molecule has 0 aliphatic carbocycles. The lowest BCUT2D eigenvalue weighted by Crippen LogP contribution is -2.31. The Hall–Kier alpha value is -5.01. The topological polar surface area (TPSA) is 131 Å². The first kappa shape index (κ1) is 26.1. The number of hydrogen-bond donors (Lipinski definition) is 3. The van der Waals surface area contributed by atoms with Gasteiger partial charge in [0.2, 0.25) is 0 Å². The Labute approximate surface area is 218 Å². The SMILES string of the molecule is CN(C)CCNC(=O)c1cccc(-c2cc(-c3ccc(F)cc3O)nc(NC(=O)c3ccco3)c2C#N)c1. The average Bonchev–Trinajstić information content (AvgIpc) is 3.43. The van der Waals surface area contributed by atoms with E-state index < -0.39 is 11.7 Å². The van der Waals surface area contributed by atoms with E-state index in [1.54, 1.807) is 30.3 Å². The summed E-state index contributed by atoms with van der Waals surface area (Å²) in [7, 11) is 3.80. The van der Waals surface area contributed by atoms with Crippen LogP contribution in [0.5, 0.6) is 5.75 Å². The van der Waals surface area contributed by atoms with Crippen molar-refractivity contribution < 1.29 is 23.5 Å². The molecule has 0 radical (unpaired) electrons. The second kappa shape index (κ2) is 11.4. The number of phenolic OH excluding ortho intramolecular Hbond substituents is 1. The highest BCUT2D eigenvalue weighted by molar-refractivity contribution is 6.03. The monoisotopic (exact) mass is 513 g/mol. The number of halogens is 1. The summed E-state index contributed by atoms with van der Waals surface area (Å²) in [4.78, 5) is 31.8. The van der Waals surface area contributed by atoms with Gasteiger partial charge in [0.25, 0.3) is 11.8 Å². The summed E-state index contributed by atoms with van der Waals surface area (Å²) in [6.07, 6.45) is 1.33. The van der Waals surface area contributed by atoms with Gasteiger partial charge in [0.15, 0.2) is 11.6 Å². The van der Waals surface area contributed by atoms with Crippen molar-refractivity contribution in [2.45, 2.75) is 0 Å². The van der Waals surface area contributed by atoms with Crippen molar-refractivity contribution in [1.29, 1.82) is 5.26 Å². The largest absolute Gasteiger partial charge is 0.507 e. The second-order valence-corrected chi connectivity index (χ2v) is 8.62. The Kier molecular flexibility index (Phi) is 7.80. The predicted molar refractivity (Wildman–Crippen MR) is 139 cm³/mol. The fraction of sp³-hybridized carbons (Fsp3) is 0.143. The molecule has 0 saturated heterocycles. The summed E-state index contributed by atoms with van der Waals surface area (Å²) in [6.45, 7) is 1.11. The van der Waals surface area contributed by atoms with Crippen LogP contribution >= 0.6 is 0 Å². The van der Waals surface area contributed by atoms with Crippen molar-refractivity contribution in [3.8, 4) is 34.2 Å². The number of amides is 2. The van der Waals surface area contributed by atoms with E-state index in [0.29, 0.717) is 29.8 Å². The molecular formula is C28H24FN5O4. The van der Waals surface area contributed by atoms with Crippen molar-refractivity contribution in [1.82, 2.24) is 15.2 Å². The van der Waals surface area contributed by atoms with Crippen LogP contribution < -0.4 is 10.6 Å². The van der Waals surface area contributed by atoms with Crippen LogP contribution in [0.25, 0.3) is 22.4 Å². The lowest BCUT2D eigenvalue weighted by Gasteiger charge is -2.15. The molecule has 0 fully saturated rings. The lowest BCUT2D eigenvalue weighted by atomic mass is 9.96. The van der Waals surface area contributed by atoms with Crippen LogP contribution in [0, 0.1) is 17.1 Å². The van der Waals surface area contributed by atoms with Crippen LogP contribution in [0.3, 0.4) is 0 Å². The standard InChI is InChI=1S/C28H24FN5O4/c1-34(2)11-10-31-27(36)18-6-3-5-17(13-18)21-15-23(20-9-8-19(29)14-24(20)35)32-26(22(21)16-30)33-28(37)25-7-4-12-38-25/h3-9,12-15,35H,10-11H2,1-2H3,(H,31,36)(H,32,33,37). The Morgan fingerprint density at radius 2 is 1.89 bits per heavy atom. The summed E-state index contributed by atoms with van der Waals surface area (Å²) in [6, 6.07) is 16.7. The molecular weight excluding hydrogens is 489 g/mol. The number of likely N-dealkylation sites (N-methyl/N-ethyl adjacent to an activating group) is 1. The van der Waals surface area contributed by atoms with E-state index in [1.807, 2.05) is 19.0 Å². The molecule has 4 aromatic rings. The van der Waals surface area contributed by atoms with Crippen LogP contribution in [0.15, 0.2) is 71.3 Å². The number of aromatic nitrogens is 1. The molecule has 2 aromatic heterocycles. The van der Waals surface area contributed by atoms with Gasteiger partial charge >= 0.3 is 0 Å². The van der Waals surface area contributed by atoms with Gasteiger partial charge in [-0.2, -0.15) is 5.26 Å².